The third-order valence-electron chi connectivity index (χ3n) is 3.51. The molecule has 0 aliphatic carbocycles. The average molecular weight is 297 g/mol. The molecule has 0 spiro atoms. The summed E-state index contributed by atoms with van der Waals surface area (Å²) in [6, 6.07) is 0. The molecular formula is C10H15N7O2S. The van der Waals surface area contributed by atoms with Crippen molar-refractivity contribution in [1.82, 2.24) is 28.9 Å². The van der Waals surface area contributed by atoms with Gasteiger partial charge in [0, 0.05) is 20.1 Å². The summed E-state index contributed by atoms with van der Waals surface area (Å²) in [6.07, 6.45) is 1.60. The van der Waals surface area contributed by atoms with E-state index in [9.17, 15) is 8.42 Å². The fourth-order valence-corrected chi connectivity index (χ4v) is 3.99. The van der Waals surface area contributed by atoms with Crippen LogP contribution in [0.25, 0.3) is 0 Å². The van der Waals surface area contributed by atoms with Gasteiger partial charge >= 0.3 is 0 Å². The van der Waals surface area contributed by atoms with Crippen LogP contribution in [-0.2, 0) is 30.2 Å². The van der Waals surface area contributed by atoms with E-state index in [0.717, 1.165) is 0 Å². The fraction of sp³-hybridized carbons (Fsp3) is 0.500. The minimum atomic E-state index is -3.68. The minimum Gasteiger partial charge on any atom is -0.381 e. The molecule has 0 atom stereocenters. The SMILES string of the molecule is Cc1c(S(=O)(=O)N2CCn3cnnc3C2)c(N)nn1C. The largest absolute Gasteiger partial charge is 0.381 e. The van der Waals surface area contributed by atoms with Crippen LogP contribution in [0.4, 0.5) is 5.82 Å². The Kier molecular flexibility index (Phi) is 2.80. The number of anilines is 1. The summed E-state index contributed by atoms with van der Waals surface area (Å²) in [6.45, 7) is 2.76. The first-order chi connectivity index (χ1) is 9.41. The lowest BCUT2D eigenvalue weighted by Crippen LogP contribution is -2.38. The van der Waals surface area contributed by atoms with Gasteiger partial charge in [-0.05, 0) is 6.92 Å². The van der Waals surface area contributed by atoms with Gasteiger partial charge in [-0.1, -0.05) is 0 Å². The standard InChI is InChI=1S/C10H15N7O2S/c1-7-9(10(11)14-15(7)2)20(18,19)17-4-3-16-6-12-13-8(16)5-17/h6H,3-5H2,1-2H3,(H2,11,14). The summed E-state index contributed by atoms with van der Waals surface area (Å²) in [7, 11) is -2.02. The van der Waals surface area contributed by atoms with Crippen molar-refractivity contribution in [3.05, 3.63) is 17.8 Å². The van der Waals surface area contributed by atoms with Crippen molar-refractivity contribution >= 4 is 15.8 Å². The topological polar surface area (TPSA) is 112 Å². The quantitative estimate of drug-likeness (QED) is 0.769. The highest BCUT2D eigenvalue weighted by atomic mass is 32.2. The van der Waals surface area contributed by atoms with Crippen LogP contribution in [-0.4, -0.2) is 43.8 Å². The molecule has 10 heteroatoms. The summed E-state index contributed by atoms with van der Waals surface area (Å²) < 4.78 is 30.1. The highest BCUT2D eigenvalue weighted by Crippen LogP contribution is 2.27. The van der Waals surface area contributed by atoms with Crippen LogP contribution in [0.1, 0.15) is 11.5 Å². The van der Waals surface area contributed by atoms with Crippen LogP contribution in [0.5, 0.6) is 0 Å². The van der Waals surface area contributed by atoms with Crippen molar-refractivity contribution in [3.8, 4) is 0 Å². The molecule has 3 rings (SSSR count). The molecule has 0 aromatic carbocycles. The van der Waals surface area contributed by atoms with Gasteiger partial charge in [-0.2, -0.15) is 9.40 Å². The van der Waals surface area contributed by atoms with E-state index in [4.69, 9.17) is 5.73 Å². The molecule has 0 fully saturated rings. The Labute approximate surface area is 116 Å². The zero-order valence-corrected chi connectivity index (χ0v) is 12.0. The molecule has 20 heavy (non-hydrogen) atoms. The first-order valence-corrected chi connectivity index (χ1v) is 7.51. The van der Waals surface area contributed by atoms with Gasteiger partial charge in [-0.3, -0.25) is 4.68 Å². The van der Waals surface area contributed by atoms with Crippen LogP contribution >= 0.6 is 0 Å². The van der Waals surface area contributed by atoms with Crippen molar-refractivity contribution in [1.29, 1.82) is 0 Å². The maximum Gasteiger partial charge on any atom is 0.249 e. The van der Waals surface area contributed by atoms with E-state index in [2.05, 4.69) is 15.3 Å². The van der Waals surface area contributed by atoms with E-state index in [-0.39, 0.29) is 17.3 Å². The average Bonchev–Trinajstić information content (AvgIpc) is 2.94. The third-order valence-corrected chi connectivity index (χ3v) is 5.52. The molecular weight excluding hydrogens is 282 g/mol. The first kappa shape index (κ1) is 13.1. The van der Waals surface area contributed by atoms with Gasteiger partial charge in [0.15, 0.2) is 5.82 Å². The first-order valence-electron chi connectivity index (χ1n) is 6.07. The van der Waals surface area contributed by atoms with Crippen LogP contribution in [0, 0.1) is 6.92 Å². The molecule has 108 valence electrons. The van der Waals surface area contributed by atoms with Crippen LogP contribution in [0.15, 0.2) is 11.2 Å². The molecule has 0 unspecified atom stereocenters. The zero-order chi connectivity index (χ0) is 14.5. The Morgan fingerprint density at radius 2 is 2.10 bits per heavy atom. The third kappa shape index (κ3) is 1.79. The summed E-state index contributed by atoms with van der Waals surface area (Å²) in [4.78, 5) is 0.0768. The minimum absolute atomic E-state index is 0.0250. The van der Waals surface area contributed by atoms with E-state index in [1.54, 1.807) is 20.3 Å². The molecule has 3 heterocycles. The molecule has 2 aromatic rings. The number of hydrogen-bond acceptors (Lipinski definition) is 6. The number of hydrogen-bond donors (Lipinski definition) is 1. The number of rotatable bonds is 2. The second-order valence-electron chi connectivity index (χ2n) is 4.70. The van der Waals surface area contributed by atoms with E-state index in [1.807, 2.05) is 4.57 Å². The fourth-order valence-electron chi connectivity index (χ4n) is 2.31. The number of fused-ring (bicyclic) bond motifs is 1. The Morgan fingerprint density at radius 1 is 1.35 bits per heavy atom. The van der Waals surface area contributed by atoms with Gasteiger partial charge in [0.2, 0.25) is 10.0 Å². The maximum absolute atomic E-state index is 12.7. The number of sulfonamides is 1. The number of nitrogens with zero attached hydrogens (tertiary/aromatic N) is 6. The molecule has 0 saturated heterocycles. The van der Waals surface area contributed by atoms with Crippen LogP contribution in [0.3, 0.4) is 0 Å². The molecule has 9 nitrogen and oxygen atoms in total. The Bertz CT molecular complexity index is 761. The van der Waals surface area contributed by atoms with Gasteiger partial charge < -0.3 is 10.3 Å². The lowest BCUT2D eigenvalue weighted by atomic mass is 10.4. The van der Waals surface area contributed by atoms with E-state index in [0.29, 0.717) is 24.6 Å². The molecule has 2 N–H and O–H groups in total. The number of nitrogen functional groups attached to an aromatic ring is 1. The number of aryl methyl sites for hydroxylation is 1. The van der Waals surface area contributed by atoms with Crippen molar-refractivity contribution in [3.63, 3.8) is 0 Å². The van der Waals surface area contributed by atoms with Gasteiger partial charge in [0.25, 0.3) is 0 Å². The Balaban J connectivity index is 2.01. The number of nitrogens with two attached hydrogens (primary N) is 1. The molecule has 0 amide bonds. The van der Waals surface area contributed by atoms with Gasteiger partial charge in [-0.25, -0.2) is 8.42 Å². The van der Waals surface area contributed by atoms with Crippen molar-refractivity contribution < 1.29 is 8.42 Å². The van der Waals surface area contributed by atoms with Crippen molar-refractivity contribution in [2.45, 2.75) is 24.9 Å². The highest BCUT2D eigenvalue weighted by molar-refractivity contribution is 7.89. The maximum atomic E-state index is 12.7. The predicted molar refractivity (Wildman–Crippen MR) is 70.0 cm³/mol. The summed E-state index contributed by atoms with van der Waals surface area (Å²) in [5.41, 5.74) is 6.26. The van der Waals surface area contributed by atoms with Gasteiger partial charge in [0.1, 0.15) is 17.0 Å². The second kappa shape index (κ2) is 4.28. The lowest BCUT2D eigenvalue weighted by Gasteiger charge is -2.26. The van der Waals surface area contributed by atoms with E-state index >= 15 is 0 Å². The normalized spacial score (nSPS) is 16.3. The van der Waals surface area contributed by atoms with Crippen molar-refractivity contribution in [2.24, 2.45) is 7.05 Å². The van der Waals surface area contributed by atoms with Gasteiger partial charge in [0.05, 0.1) is 12.2 Å². The second-order valence-corrected chi connectivity index (χ2v) is 6.58. The highest BCUT2D eigenvalue weighted by Gasteiger charge is 2.33. The smallest absolute Gasteiger partial charge is 0.249 e. The van der Waals surface area contributed by atoms with Crippen LogP contribution < -0.4 is 5.73 Å². The molecule has 0 bridgehead atoms. The summed E-state index contributed by atoms with van der Waals surface area (Å²) in [5.74, 6) is 0.650. The van der Waals surface area contributed by atoms with Gasteiger partial charge in [-0.15, -0.1) is 10.2 Å². The molecule has 1 aliphatic rings. The Morgan fingerprint density at radius 3 is 2.75 bits per heavy atom. The lowest BCUT2D eigenvalue weighted by molar-refractivity contribution is 0.335. The van der Waals surface area contributed by atoms with Crippen molar-refractivity contribution in [2.75, 3.05) is 12.3 Å². The predicted octanol–water partition coefficient (Wildman–Crippen LogP) is -0.893. The zero-order valence-electron chi connectivity index (χ0n) is 11.2. The molecule has 0 saturated carbocycles. The van der Waals surface area contributed by atoms with E-state index < -0.39 is 10.0 Å². The molecule has 0 radical (unpaired) electrons. The number of aromatic nitrogens is 5. The Hall–Kier alpha value is -1.94. The summed E-state index contributed by atoms with van der Waals surface area (Å²) in [5, 5.41) is 11.7. The van der Waals surface area contributed by atoms with E-state index in [1.165, 1.54) is 8.99 Å². The monoisotopic (exact) mass is 297 g/mol. The molecule has 2 aromatic heterocycles. The molecule has 1 aliphatic heterocycles. The van der Waals surface area contributed by atoms with Crippen LogP contribution in [0.2, 0.25) is 0 Å². The summed E-state index contributed by atoms with van der Waals surface area (Å²) >= 11 is 0.